The third-order valence-electron chi connectivity index (χ3n) is 5.96. The van der Waals surface area contributed by atoms with E-state index in [2.05, 4.69) is 15.5 Å². The second-order valence-corrected chi connectivity index (χ2v) is 10.3. The Morgan fingerprint density at radius 2 is 1.57 bits per heavy atom. The molecule has 2 heterocycles. The molecule has 228 valence electrons. The zero-order chi connectivity index (χ0) is 31.1. The molecule has 0 unspecified atom stereocenters. The first kappa shape index (κ1) is 32.4. The molecule has 42 heavy (non-hydrogen) atoms. The zero-order valence-corrected chi connectivity index (χ0v) is 24.9. The Morgan fingerprint density at radius 3 is 2.17 bits per heavy atom. The fourth-order valence-electron chi connectivity index (χ4n) is 4.51. The molecule has 5 atom stereocenters. The van der Waals surface area contributed by atoms with Crippen LogP contribution in [0.15, 0.2) is 34.5 Å². The van der Waals surface area contributed by atoms with Crippen molar-refractivity contribution in [1.29, 1.82) is 0 Å². The summed E-state index contributed by atoms with van der Waals surface area (Å²) in [6.07, 6.45) is -6.54. The first-order chi connectivity index (χ1) is 19.8. The van der Waals surface area contributed by atoms with Crippen LogP contribution in [0.2, 0.25) is 0 Å². The topological polar surface area (TPSA) is 176 Å². The maximum absolute atomic E-state index is 12.0. The Morgan fingerprint density at radius 1 is 0.976 bits per heavy atom. The molecule has 0 bridgehead atoms. The minimum absolute atomic E-state index is 0.0938. The van der Waals surface area contributed by atoms with Crippen molar-refractivity contribution in [3.63, 3.8) is 0 Å². The van der Waals surface area contributed by atoms with Crippen LogP contribution < -0.4 is 5.32 Å². The van der Waals surface area contributed by atoms with Gasteiger partial charge in [0.1, 0.15) is 12.7 Å². The van der Waals surface area contributed by atoms with Crippen LogP contribution in [-0.2, 0) is 49.4 Å². The van der Waals surface area contributed by atoms with E-state index in [0.717, 1.165) is 26.3 Å². The average Bonchev–Trinajstić information content (AvgIpc) is 3.14. The first-order valence-corrected chi connectivity index (χ1v) is 13.5. The fourth-order valence-corrected chi connectivity index (χ4v) is 4.67. The van der Waals surface area contributed by atoms with Crippen molar-refractivity contribution in [1.82, 2.24) is 9.88 Å². The summed E-state index contributed by atoms with van der Waals surface area (Å²) in [6.45, 7) is 8.72. The molecule has 1 aromatic heterocycles. The van der Waals surface area contributed by atoms with Gasteiger partial charge >= 0.3 is 23.9 Å². The highest BCUT2D eigenvalue weighted by molar-refractivity contribution is 7.80. The van der Waals surface area contributed by atoms with Crippen LogP contribution in [0.1, 0.15) is 41.5 Å². The van der Waals surface area contributed by atoms with Crippen LogP contribution in [0.5, 0.6) is 5.88 Å². The number of fused-ring (bicyclic) bond motifs is 1. The lowest BCUT2D eigenvalue weighted by Gasteiger charge is -2.44. The molecule has 0 amide bonds. The van der Waals surface area contributed by atoms with Crippen LogP contribution in [0.4, 0.5) is 5.69 Å². The van der Waals surface area contributed by atoms with E-state index >= 15 is 0 Å². The third kappa shape index (κ3) is 8.22. The van der Waals surface area contributed by atoms with Crippen molar-refractivity contribution < 1.29 is 48.0 Å². The largest absolute Gasteiger partial charge is 0.493 e. The summed E-state index contributed by atoms with van der Waals surface area (Å²) in [7, 11) is 0. The molecule has 0 aliphatic carbocycles. The van der Waals surface area contributed by atoms with Gasteiger partial charge in [-0.05, 0) is 24.2 Å². The molecule has 1 saturated heterocycles. The third-order valence-corrected chi connectivity index (χ3v) is 6.16. The number of rotatable bonds is 9. The van der Waals surface area contributed by atoms with Crippen molar-refractivity contribution in [3.05, 3.63) is 24.3 Å². The fraction of sp³-hybridized carbons (Fsp3) is 0.519. The number of nitrogens with zero attached hydrogens (tertiary/aromatic N) is 3. The number of para-hydroxylation sites is 1. The average molecular weight is 607 g/mol. The van der Waals surface area contributed by atoms with Gasteiger partial charge in [0.05, 0.1) is 5.52 Å². The Kier molecular flexibility index (Phi) is 10.9. The van der Waals surface area contributed by atoms with Gasteiger partial charge in [-0.25, -0.2) is 0 Å². The number of carbonyl (C=O) groups excluding carboxylic acids is 4. The summed E-state index contributed by atoms with van der Waals surface area (Å²) in [6, 6.07) is 7.28. The number of ether oxygens (including phenoxy) is 5. The van der Waals surface area contributed by atoms with E-state index in [4.69, 9.17) is 35.9 Å². The molecule has 2 aromatic rings. The number of aromatic hydroxyl groups is 1. The van der Waals surface area contributed by atoms with Crippen LogP contribution in [0, 0.1) is 5.92 Å². The van der Waals surface area contributed by atoms with Gasteiger partial charge in [0.25, 0.3) is 0 Å². The lowest BCUT2D eigenvalue weighted by molar-refractivity contribution is -0.254. The Bertz CT molecular complexity index is 1370. The first-order valence-electron chi connectivity index (χ1n) is 13.1. The van der Waals surface area contributed by atoms with Gasteiger partial charge < -0.3 is 38.7 Å². The molecular weight excluding hydrogens is 572 g/mol. The van der Waals surface area contributed by atoms with Gasteiger partial charge in [0.2, 0.25) is 11.0 Å². The SMILES string of the molecule is CC(=O)OC[C@H]1O[C@@H](NC(=S)N=Nc2c(O)n(CC(C)C)c3ccccc23)[C@H](OC(C)=O)[C@@H](OC(C)=O)[C@@H]1OC(C)=O. The molecule has 0 saturated carbocycles. The van der Waals surface area contributed by atoms with Crippen molar-refractivity contribution in [2.75, 3.05) is 6.61 Å². The molecule has 3 rings (SSSR count). The Balaban J connectivity index is 1.95. The molecule has 1 aliphatic rings. The van der Waals surface area contributed by atoms with Gasteiger partial charge in [0.15, 0.2) is 30.2 Å². The smallest absolute Gasteiger partial charge is 0.303 e. The number of aromatic nitrogens is 1. The van der Waals surface area contributed by atoms with E-state index in [0.29, 0.717) is 11.9 Å². The van der Waals surface area contributed by atoms with Gasteiger partial charge in [-0.1, -0.05) is 32.0 Å². The number of hydrogen-bond donors (Lipinski definition) is 2. The lowest BCUT2D eigenvalue weighted by Crippen LogP contribution is -2.66. The van der Waals surface area contributed by atoms with Crippen molar-refractivity contribution in [2.45, 2.75) is 78.7 Å². The molecule has 1 aromatic carbocycles. The molecule has 0 radical (unpaired) electrons. The van der Waals surface area contributed by atoms with Gasteiger partial charge in [-0.15, -0.1) is 10.2 Å². The number of carbonyl (C=O) groups is 4. The highest BCUT2D eigenvalue weighted by Gasteiger charge is 2.52. The molecular formula is C27H34N4O10S. The van der Waals surface area contributed by atoms with Crippen LogP contribution >= 0.6 is 12.2 Å². The van der Waals surface area contributed by atoms with Gasteiger partial charge in [-0.2, -0.15) is 0 Å². The minimum Gasteiger partial charge on any atom is -0.493 e. The quantitative estimate of drug-likeness (QED) is 0.185. The Labute approximate surface area is 247 Å². The van der Waals surface area contributed by atoms with E-state index in [1.54, 1.807) is 16.7 Å². The highest BCUT2D eigenvalue weighted by Crippen LogP contribution is 2.39. The van der Waals surface area contributed by atoms with Gasteiger partial charge in [0, 0.05) is 39.6 Å². The van der Waals surface area contributed by atoms with E-state index in [-0.39, 0.29) is 22.6 Å². The van der Waals surface area contributed by atoms with E-state index in [1.807, 2.05) is 26.0 Å². The highest BCUT2D eigenvalue weighted by atomic mass is 32.1. The maximum atomic E-state index is 12.0. The predicted molar refractivity (Wildman–Crippen MR) is 151 cm³/mol. The van der Waals surface area contributed by atoms with E-state index in [9.17, 15) is 24.3 Å². The molecule has 2 N–H and O–H groups in total. The zero-order valence-electron chi connectivity index (χ0n) is 24.1. The summed E-state index contributed by atoms with van der Waals surface area (Å²) in [5, 5.41) is 22.3. The van der Waals surface area contributed by atoms with E-state index in [1.165, 1.54) is 6.92 Å². The number of nitrogens with one attached hydrogen (secondary N) is 1. The molecule has 1 fully saturated rings. The summed E-state index contributed by atoms with van der Waals surface area (Å²) in [5.74, 6) is -2.77. The summed E-state index contributed by atoms with van der Waals surface area (Å²) in [4.78, 5) is 47.4. The summed E-state index contributed by atoms with van der Waals surface area (Å²) in [5.41, 5.74) is 0.952. The van der Waals surface area contributed by atoms with Crippen molar-refractivity contribution in [3.8, 4) is 5.88 Å². The second kappa shape index (κ2) is 14.2. The maximum Gasteiger partial charge on any atom is 0.303 e. The number of thiocarbonyl (C=S) groups is 1. The molecule has 0 spiro atoms. The molecule has 14 nitrogen and oxygen atoms in total. The van der Waals surface area contributed by atoms with Crippen molar-refractivity contribution in [2.24, 2.45) is 16.1 Å². The van der Waals surface area contributed by atoms with E-state index < -0.39 is 61.1 Å². The normalized spacial score (nSPS) is 22.1. The van der Waals surface area contributed by atoms with Crippen LogP contribution in [-0.4, -0.2) is 75.9 Å². The van der Waals surface area contributed by atoms with Crippen molar-refractivity contribution >= 4 is 57.8 Å². The predicted octanol–water partition coefficient (Wildman–Crippen LogP) is 3.04. The number of azo groups is 1. The monoisotopic (exact) mass is 606 g/mol. The van der Waals surface area contributed by atoms with Crippen LogP contribution in [0.25, 0.3) is 10.9 Å². The minimum atomic E-state index is -1.38. The molecule has 15 heteroatoms. The Hall–Kier alpha value is -4.11. The second-order valence-electron chi connectivity index (χ2n) is 9.96. The summed E-state index contributed by atoms with van der Waals surface area (Å²) >= 11 is 5.36. The lowest BCUT2D eigenvalue weighted by atomic mass is 9.97. The number of benzene rings is 1. The number of esters is 4. The summed E-state index contributed by atoms with van der Waals surface area (Å²) < 4.78 is 28.9. The van der Waals surface area contributed by atoms with Crippen LogP contribution in [0.3, 0.4) is 0 Å². The standard InChI is InChI=1S/C27H34N4O10S/c1-13(2)11-31-19-10-8-7-9-18(19)21(26(31)36)29-30-27(42)28-25-24(40-17(6)35)23(39-16(5)34)22(38-15(4)33)20(41-25)12-37-14(3)32/h7-10,13,20,22-25,36H,11-12H2,1-6H3,(H,28,42)/t20-,22-,23+,24-,25-/m1/s1. The number of hydrogen-bond acceptors (Lipinski definition) is 12. The molecule has 1 aliphatic heterocycles. The van der Waals surface area contributed by atoms with Gasteiger partial charge in [-0.3, -0.25) is 19.2 Å².